The van der Waals surface area contributed by atoms with Crippen LogP contribution in [0.2, 0.25) is 0 Å². The molecular weight excluding hydrogens is 276 g/mol. The summed E-state index contributed by atoms with van der Waals surface area (Å²) in [5.74, 6) is 1.72. The van der Waals surface area contributed by atoms with Crippen LogP contribution in [0.3, 0.4) is 0 Å². The first-order chi connectivity index (χ1) is 9.49. The van der Waals surface area contributed by atoms with Gasteiger partial charge >= 0.3 is 5.97 Å². The van der Waals surface area contributed by atoms with Gasteiger partial charge in [0.05, 0.1) is 19.6 Å². The van der Waals surface area contributed by atoms with E-state index in [1.807, 2.05) is 6.92 Å². The number of hydrogen-bond acceptors (Lipinski definition) is 6. The van der Waals surface area contributed by atoms with Gasteiger partial charge in [0.2, 0.25) is 0 Å². The fourth-order valence-electron chi connectivity index (χ4n) is 1.73. The minimum Gasteiger partial charge on any atom is -0.469 e. The Kier molecular flexibility index (Phi) is 7.01. The zero-order valence-electron chi connectivity index (χ0n) is 12.6. The lowest BCUT2D eigenvalue weighted by atomic mass is 10.2. The summed E-state index contributed by atoms with van der Waals surface area (Å²) < 4.78 is 6.70. The van der Waals surface area contributed by atoms with Crippen LogP contribution >= 0.6 is 11.8 Å². The molecule has 114 valence electrons. The maximum absolute atomic E-state index is 11.1. The van der Waals surface area contributed by atoms with E-state index >= 15 is 0 Å². The SMILES string of the molecule is CCC(N)c1nnc(SCCC(=O)OC)n1CC(C)C. The summed E-state index contributed by atoms with van der Waals surface area (Å²) in [7, 11) is 1.40. The van der Waals surface area contributed by atoms with Crippen molar-refractivity contribution in [2.45, 2.75) is 51.4 Å². The summed E-state index contributed by atoms with van der Waals surface area (Å²) in [6.07, 6.45) is 1.19. The normalized spacial score (nSPS) is 12.7. The monoisotopic (exact) mass is 300 g/mol. The van der Waals surface area contributed by atoms with E-state index in [-0.39, 0.29) is 12.0 Å². The van der Waals surface area contributed by atoms with Gasteiger partial charge in [0.15, 0.2) is 11.0 Å². The van der Waals surface area contributed by atoms with Gasteiger partial charge in [-0.3, -0.25) is 4.79 Å². The zero-order valence-corrected chi connectivity index (χ0v) is 13.4. The van der Waals surface area contributed by atoms with E-state index in [0.29, 0.717) is 18.1 Å². The molecule has 6 nitrogen and oxygen atoms in total. The molecular formula is C13H24N4O2S. The fourth-order valence-corrected chi connectivity index (χ4v) is 2.60. The quantitative estimate of drug-likeness (QED) is 0.584. The van der Waals surface area contributed by atoms with Crippen molar-refractivity contribution in [3.05, 3.63) is 5.82 Å². The first kappa shape index (κ1) is 17.0. The Labute approximate surface area is 124 Å². The Hall–Kier alpha value is -1.08. The maximum Gasteiger partial charge on any atom is 0.306 e. The van der Waals surface area contributed by atoms with Gasteiger partial charge in [-0.25, -0.2) is 0 Å². The summed E-state index contributed by atoms with van der Waals surface area (Å²) in [4.78, 5) is 11.1. The third-order valence-corrected chi connectivity index (χ3v) is 3.80. The van der Waals surface area contributed by atoms with Crippen molar-refractivity contribution in [2.24, 2.45) is 11.7 Å². The number of methoxy groups -OCH3 is 1. The number of carbonyl (C=O) groups is 1. The number of hydrogen-bond donors (Lipinski definition) is 1. The van der Waals surface area contributed by atoms with Gasteiger partial charge in [0.25, 0.3) is 0 Å². The molecule has 0 aliphatic heterocycles. The average molecular weight is 300 g/mol. The molecule has 0 radical (unpaired) electrons. The summed E-state index contributed by atoms with van der Waals surface area (Å²) >= 11 is 1.51. The van der Waals surface area contributed by atoms with Crippen LogP contribution in [0.1, 0.15) is 45.5 Å². The number of rotatable bonds is 8. The molecule has 0 amide bonds. The van der Waals surface area contributed by atoms with Crippen LogP contribution in [-0.2, 0) is 16.1 Å². The molecule has 0 saturated heterocycles. The van der Waals surface area contributed by atoms with Gasteiger partial charge in [0.1, 0.15) is 0 Å². The summed E-state index contributed by atoms with van der Waals surface area (Å²) in [6, 6.07) is -0.101. The molecule has 0 fully saturated rings. The van der Waals surface area contributed by atoms with Crippen LogP contribution in [0.4, 0.5) is 0 Å². The first-order valence-corrected chi connectivity index (χ1v) is 7.86. The molecule has 1 rings (SSSR count). The van der Waals surface area contributed by atoms with Crippen molar-refractivity contribution in [3.8, 4) is 0 Å². The van der Waals surface area contributed by atoms with Crippen molar-refractivity contribution in [1.29, 1.82) is 0 Å². The molecule has 0 bridgehead atoms. The van der Waals surface area contributed by atoms with E-state index in [1.54, 1.807) is 0 Å². The highest BCUT2D eigenvalue weighted by molar-refractivity contribution is 7.99. The molecule has 20 heavy (non-hydrogen) atoms. The highest BCUT2D eigenvalue weighted by atomic mass is 32.2. The third kappa shape index (κ3) is 4.79. The van der Waals surface area contributed by atoms with Crippen LogP contribution < -0.4 is 5.73 Å². The van der Waals surface area contributed by atoms with Gasteiger partial charge in [-0.1, -0.05) is 32.5 Å². The predicted molar refractivity (Wildman–Crippen MR) is 79.4 cm³/mol. The van der Waals surface area contributed by atoms with Crippen molar-refractivity contribution in [1.82, 2.24) is 14.8 Å². The molecule has 0 aromatic carbocycles. The van der Waals surface area contributed by atoms with Gasteiger partial charge in [0, 0.05) is 12.3 Å². The summed E-state index contributed by atoms with van der Waals surface area (Å²) in [5, 5.41) is 9.23. The van der Waals surface area contributed by atoms with E-state index in [9.17, 15) is 4.79 Å². The van der Waals surface area contributed by atoms with Crippen LogP contribution in [-0.4, -0.2) is 33.6 Å². The van der Waals surface area contributed by atoms with E-state index in [0.717, 1.165) is 23.9 Å². The lowest BCUT2D eigenvalue weighted by molar-refractivity contribution is -0.140. The lowest BCUT2D eigenvalue weighted by Gasteiger charge is -2.15. The second-order valence-electron chi connectivity index (χ2n) is 5.03. The number of aromatic nitrogens is 3. The summed E-state index contributed by atoms with van der Waals surface area (Å²) in [5.41, 5.74) is 6.08. The number of nitrogens with zero attached hydrogens (tertiary/aromatic N) is 3. The second-order valence-corrected chi connectivity index (χ2v) is 6.10. The molecule has 0 aliphatic rings. The predicted octanol–water partition coefficient (Wildman–Crippen LogP) is 2.00. The van der Waals surface area contributed by atoms with Crippen molar-refractivity contribution in [2.75, 3.05) is 12.9 Å². The molecule has 1 unspecified atom stereocenters. The average Bonchev–Trinajstić information content (AvgIpc) is 2.80. The van der Waals surface area contributed by atoms with E-state index in [4.69, 9.17) is 5.73 Å². The molecule has 1 aromatic rings. The highest BCUT2D eigenvalue weighted by Gasteiger charge is 2.18. The van der Waals surface area contributed by atoms with Crippen LogP contribution in [0.25, 0.3) is 0 Å². The molecule has 1 heterocycles. The fraction of sp³-hybridized carbons (Fsp3) is 0.769. The van der Waals surface area contributed by atoms with Crippen molar-refractivity contribution >= 4 is 17.7 Å². The minimum atomic E-state index is -0.210. The molecule has 1 atom stereocenters. The molecule has 7 heteroatoms. The highest BCUT2D eigenvalue weighted by Crippen LogP contribution is 2.23. The van der Waals surface area contributed by atoms with Crippen LogP contribution in [0.15, 0.2) is 5.16 Å². The first-order valence-electron chi connectivity index (χ1n) is 6.87. The maximum atomic E-state index is 11.1. The molecule has 1 aromatic heterocycles. The number of carbonyl (C=O) groups excluding carboxylic acids is 1. The number of nitrogens with two attached hydrogens (primary N) is 1. The smallest absolute Gasteiger partial charge is 0.306 e. The lowest BCUT2D eigenvalue weighted by Crippen LogP contribution is -2.18. The Balaban J connectivity index is 2.78. The van der Waals surface area contributed by atoms with Gasteiger partial charge in [-0.15, -0.1) is 10.2 Å². The van der Waals surface area contributed by atoms with Gasteiger partial charge in [-0.2, -0.15) is 0 Å². The van der Waals surface area contributed by atoms with E-state index < -0.39 is 0 Å². The van der Waals surface area contributed by atoms with Crippen molar-refractivity contribution < 1.29 is 9.53 Å². The molecule has 0 saturated carbocycles. The second kappa shape index (κ2) is 8.26. The Morgan fingerprint density at radius 3 is 2.70 bits per heavy atom. The Bertz CT molecular complexity index is 434. The molecule has 2 N–H and O–H groups in total. The Morgan fingerprint density at radius 2 is 2.15 bits per heavy atom. The largest absolute Gasteiger partial charge is 0.469 e. The van der Waals surface area contributed by atoms with E-state index in [1.165, 1.54) is 18.9 Å². The third-order valence-electron chi connectivity index (χ3n) is 2.83. The van der Waals surface area contributed by atoms with Crippen LogP contribution in [0.5, 0.6) is 0 Å². The standard InChI is InChI=1S/C13H24N4O2S/c1-5-10(14)12-15-16-13(17(12)8-9(2)3)20-7-6-11(18)19-4/h9-10H,5-8,14H2,1-4H3. The van der Waals surface area contributed by atoms with E-state index in [2.05, 4.69) is 33.3 Å². The molecule has 0 aliphatic carbocycles. The minimum absolute atomic E-state index is 0.101. The number of esters is 1. The van der Waals surface area contributed by atoms with Crippen molar-refractivity contribution in [3.63, 3.8) is 0 Å². The number of thioether (sulfide) groups is 1. The summed E-state index contributed by atoms with van der Waals surface area (Å²) in [6.45, 7) is 7.15. The Morgan fingerprint density at radius 1 is 1.45 bits per heavy atom. The molecule has 0 spiro atoms. The topological polar surface area (TPSA) is 83.0 Å². The van der Waals surface area contributed by atoms with Gasteiger partial charge < -0.3 is 15.0 Å². The number of ether oxygens (including phenoxy) is 1. The van der Waals surface area contributed by atoms with Gasteiger partial charge in [-0.05, 0) is 12.3 Å². The zero-order chi connectivity index (χ0) is 15.1. The van der Waals surface area contributed by atoms with Crippen LogP contribution in [0, 0.1) is 5.92 Å².